The summed E-state index contributed by atoms with van der Waals surface area (Å²) in [6.07, 6.45) is 1.78. The van der Waals surface area contributed by atoms with Crippen molar-refractivity contribution in [3.05, 3.63) is 0 Å². The molecule has 35 heavy (non-hydrogen) atoms. The molecule has 0 saturated carbocycles. The van der Waals surface area contributed by atoms with E-state index < -0.39 is 60.2 Å². The molecular weight excluding hydrogens is 502 g/mol. The molecule has 0 fully saturated rings. The first-order valence-corrected chi connectivity index (χ1v) is 12.7. The lowest BCUT2D eigenvalue weighted by Crippen LogP contribution is -2.57. The molecule has 16 heteroatoms. The van der Waals surface area contributed by atoms with Crippen LogP contribution in [0.1, 0.15) is 32.1 Å². The first-order valence-electron chi connectivity index (χ1n) is 10.7. The predicted octanol–water partition coefficient (Wildman–Crippen LogP) is -2.55. The van der Waals surface area contributed by atoms with Crippen molar-refractivity contribution >= 4 is 60.0 Å². The highest BCUT2D eigenvalue weighted by atomic mass is 32.2. The molecule has 4 unspecified atom stereocenters. The normalized spacial score (nSPS) is 14.0. The Labute approximate surface area is 213 Å². The minimum absolute atomic E-state index is 0.0279. The summed E-state index contributed by atoms with van der Waals surface area (Å²) in [5.41, 5.74) is 16.4. The molecule has 4 atom stereocenters. The fourth-order valence-corrected chi connectivity index (χ4v) is 3.43. The van der Waals surface area contributed by atoms with Gasteiger partial charge < -0.3 is 43.4 Å². The standard InChI is InChI=1S/C19H35N7O7S2/c1-35-8-6-10(20)15(29)24-12(4-5-14(27)28)17(31)25-11(3-2-7-23-19(21)22)16(30)26-13(9-34)18(32)33/h10-13,34H,2-9,20H2,1H3,(H,24,29)(H,25,31)(H,26,30)(H,27,28)(H,32,33)(H4,21,22,23). The van der Waals surface area contributed by atoms with Crippen molar-refractivity contribution < 1.29 is 34.2 Å². The zero-order valence-electron chi connectivity index (χ0n) is 19.4. The van der Waals surface area contributed by atoms with E-state index in [4.69, 9.17) is 22.3 Å². The van der Waals surface area contributed by atoms with Gasteiger partial charge in [-0.2, -0.15) is 24.4 Å². The number of thiol groups is 1. The van der Waals surface area contributed by atoms with Crippen molar-refractivity contribution in [1.29, 1.82) is 0 Å². The van der Waals surface area contributed by atoms with E-state index in [1.54, 1.807) is 0 Å². The topological polar surface area (TPSA) is 252 Å². The average molecular weight is 538 g/mol. The van der Waals surface area contributed by atoms with Crippen molar-refractivity contribution in [2.24, 2.45) is 22.2 Å². The first-order chi connectivity index (χ1) is 16.4. The third kappa shape index (κ3) is 14.3. The van der Waals surface area contributed by atoms with Gasteiger partial charge >= 0.3 is 11.9 Å². The molecule has 0 bridgehead atoms. The van der Waals surface area contributed by atoms with Crippen molar-refractivity contribution in [3.63, 3.8) is 0 Å². The highest BCUT2D eigenvalue weighted by Crippen LogP contribution is 2.06. The van der Waals surface area contributed by atoms with Crippen LogP contribution >= 0.6 is 24.4 Å². The summed E-state index contributed by atoms with van der Waals surface area (Å²) in [4.78, 5) is 64.1. The molecule has 0 rings (SSSR count). The van der Waals surface area contributed by atoms with Gasteiger partial charge in [-0.3, -0.25) is 24.2 Å². The van der Waals surface area contributed by atoms with E-state index in [-0.39, 0.29) is 37.5 Å². The number of aliphatic carboxylic acids is 2. The molecule has 11 N–H and O–H groups in total. The number of hydrogen-bond donors (Lipinski definition) is 9. The molecule has 0 aliphatic rings. The van der Waals surface area contributed by atoms with Gasteiger partial charge in [0.2, 0.25) is 17.7 Å². The second-order valence-electron chi connectivity index (χ2n) is 7.47. The number of carboxylic acids is 2. The molecular formula is C19H35N7O7S2. The Morgan fingerprint density at radius 3 is 1.94 bits per heavy atom. The summed E-state index contributed by atoms with van der Waals surface area (Å²) in [6.45, 7) is 0.139. The van der Waals surface area contributed by atoms with Crippen LogP contribution in [0.15, 0.2) is 4.99 Å². The Balaban J connectivity index is 5.54. The second kappa shape index (κ2) is 17.7. The van der Waals surface area contributed by atoms with Crippen LogP contribution in [0.25, 0.3) is 0 Å². The number of nitrogens with two attached hydrogens (primary N) is 3. The molecule has 0 aliphatic carbocycles. The number of carbonyl (C=O) groups excluding carboxylic acids is 3. The maximum Gasteiger partial charge on any atom is 0.327 e. The average Bonchev–Trinajstić information content (AvgIpc) is 2.79. The SMILES string of the molecule is CSCCC(N)C(=O)NC(CCC(=O)O)C(=O)NC(CCCN=C(N)N)C(=O)NC(CS)C(=O)O. The fourth-order valence-electron chi connectivity index (χ4n) is 2.69. The van der Waals surface area contributed by atoms with E-state index in [1.165, 1.54) is 11.8 Å². The van der Waals surface area contributed by atoms with E-state index in [0.29, 0.717) is 12.2 Å². The third-order valence-electron chi connectivity index (χ3n) is 4.63. The number of thioether (sulfide) groups is 1. The van der Waals surface area contributed by atoms with Gasteiger partial charge in [0.05, 0.1) is 6.04 Å². The Bertz CT molecular complexity index is 766. The number of hydrogen-bond acceptors (Lipinski definition) is 9. The highest BCUT2D eigenvalue weighted by Gasteiger charge is 2.30. The molecule has 3 amide bonds. The number of carboxylic acid groups (broad SMARTS) is 2. The predicted molar refractivity (Wildman–Crippen MR) is 135 cm³/mol. The van der Waals surface area contributed by atoms with Crippen LogP contribution in [-0.2, 0) is 24.0 Å². The van der Waals surface area contributed by atoms with E-state index in [1.807, 2.05) is 6.26 Å². The smallest absolute Gasteiger partial charge is 0.327 e. The van der Waals surface area contributed by atoms with Gasteiger partial charge in [0.15, 0.2) is 5.96 Å². The second-order valence-corrected chi connectivity index (χ2v) is 8.82. The van der Waals surface area contributed by atoms with Gasteiger partial charge in [0.25, 0.3) is 0 Å². The summed E-state index contributed by atoms with van der Waals surface area (Å²) >= 11 is 5.38. The van der Waals surface area contributed by atoms with Gasteiger partial charge in [-0.25, -0.2) is 4.79 Å². The molecule has 0 spiro atoms. The third-order valence-corrected chi connectivity index (χ3v) is 5.63. The molecule has 0 radical (unpaired) electrons. The van der Waals surface area contributed by atoms with Crippen molar-refractivity contribution in [1.82, 2.24) is 16.0 Å². The lowest BCUT2D eigenvalue weighted by atomic mass is 10.1. The van der Waals surface area contributed by atoms with Gasteiger partial charge in [-0.15, -0.1) is 0 Å². The highest BCUT2D eigenvalue weighted by molar-refractivity contribution is 7.98. The maximum atomic E-state index is 12.9. The van der Waals surface area contributed by atoms with Crippen LogP contribution < -0.4 is 33.2 Å². The van der Waals surface area contributed by atoms with Crippen LogP contribution in [0.2, 0.25) is 0 Å². The number of carbonyl (C=O) groups is 5. The Morgan fingerprint density at radius 1 is 0.914 bits per heavy atom. The maximum absolute atomic E-state index is 12.9. The summed E-state index contributed by atoms with van der Waals surface area (Å²) in [5, 5.41) is 25.3. The van der Waals surface area contributed by atoms with Crippen LogP contribution in [0.3, 0.4) is 0 Å². The molecule has 14 nitrogen and oxygen atoms in total. The van der Waals surface area contributed by atoms with Crippen LogP contribution in [0.4, 0.5) is 0 Å². The van der Waals surface area contributed by atoms with E-state index in [2.05, 4.69) is 33.6 Å². The number of nitrogens with one attached hydrogen (secondary N) is 3. The quantitative estimate of drug-likeness (QED) is 0.0381. The number of amides is 3. The van der Waals surface area contributed by atoms with Crippen LogP contribution in [0, 0.1) is 0 Å². The van der Waals surface area contributed by atoms with Crippen LogP contribution in [0.5, 0.6) is 0 Å². The van der Waals surface area contributed by atoms with Gasteiger partial charge in [-0.1, -0.05) is 0 Å². The largest absolute Gasteiger partial charge is 0.481 e. The minimum atomic E-state index is -1.32. The number of aliphatic imine (C=N–C) groups is 1. The lowest BCUT2D eigenvalue weighted by Gasteiger charge is -2.25. The fraction of sp³-hybridized carbons (Fsp3) is 0.684. The number of guanidine groups is 1. The van der Waals surface area contributed by atoms with E-state index in [9.17, 15) is 29.1 Å². The van der Waals surface area contributed by atoms with Crippen molar-refractivity contribution in [3.8, 4) is 0 Å². The summed E-state index contributed by atoms with van der Waals surface area (Å²) in [5.74, 6) is -4.51. The van der Waals surface area contributed by atoms with Gasteiger partial charge in [0.1, 0.15) is 18.1 Å². The van der Waals surface area contributed by atoms with Crippen molar-refractivity contribution in [2.75, 3.05) is 24.3 Å². The first kappa shape index (κ1) is 32.3. The van der Waals surface area contributed by atoms with Gasteiger partial charge in [0, 0.05) is 18.7 Å². The van der Waals surface area contributed by atoms with E-state index in [0.717, 1.165) is 0 Å². The summed E-state index contributed by atoms with van der Waals surface area (Å²) in [6, 6.07) is -4.72. The molecule has 0 aromatic rings. The molecule has 0 heterocycles. The molecule has 0 saturated heterocycles. The Kier molecular flexibility index (Phi) is 16.3. The summed E-state index contributed by atoms with van der Waals surface area (Å²) < 4.78 is 0. The number of nitrogens with zero attached hydrogens (tertiary/aromatic N) is 1. The van der Waals surface area contributed by atoms with E-state index >= 15 is 0 Å². The summed E-state index contributed by atoms with van der Waals surface area (Å²) in [7, 11) is 0. The Morgan fingerprint density at radius 2 is 1.46 bits per heavy atom. The zero-order chi connectivity index (χ0) is 27.0. The number of rotatable bonds is 18. The monoisotopic (exact) mass is 537 g/mol. The Hall–Kier alpha value is -2.72. The minimum Gasteiger partial charge on any atom is -0.481 e. The van der Waals surface area contributed by atoms with Crippen LogP contribution in [-0.4, -0.2) is 94.3 Å². The molecule has 0 aromatic carbocycles. The van der Waals surface area contributed by atoms with Crippen molar-refractivity contribution in [2.45, 2.75) is 56.3 Å². The lowest BCUT2D eigenvalue weighted by molar-refractivity contribution is -0.141. The van der Waals surface area contributed by atoms with Gasteiger partial charge in [-0.05, 0) is 37.7 Å². The zero-order valence-corrected chi connectivity index (χ0v) is 21.1. The molecule has 200 valence electrons. The molecule has 0 aliphatic heterocycles. The molecule has 0 aromatic heterocycles.